The van der Waals surface area contributed by atoms with E-state index < -0.39 is 23.3 Å². The molecule has 0 amide bonds. The van der Waals surface area contributed by atoms with Crippen LogP contribution < -0.4 is 0 Å². The molecule has 0 atom stereocenters. The summed E-state index contributed by atoms with van der Waals surface area (Å²) in [7, 11) is 1.14. The molecule has 33 heavy (non-hydrogen) atoms. The van der Waals surface area contributed by atoms with E-state index in [2.05, 4.69) is 14.7 Å². The summed E-state index contributed by atoms with van der Waals surface area (Å²) in [6.07, 6.45) is 1.92. The Labute approximate surface area is 192 Å². The predicted molar refractivity (Wildman–Crippen MR) is 126 cm³/mol. The minimum absolute atomic E-state index is 0.0363. The van der Waals surface area contributed by atoms with Crippen molar-refractivity contribution in [2.75, 3.05) is 7.11 Å². The van der Waals surface area contributed by atoms with Gasteiger partial charge in [0.25, 0.3) is 0 Å². The summed E-state index contributed by atoms with van der Waals surface area (Å²) in [6.45, 7) is 9.34. The van der Waals surface area contributed by atoms with E-state index in [1.54, 1.807) is 18.2 Å². The molecule has 0 aliphatic rings. The Kier molecular flexibility index (Phi) is 10.6. The van der Waals surface area contributed by atoms with Gasteiger partial charge in [-0.05, 0) is 35.7 Å². The molecule has 0 saturated heterocycles. The van der Waals surface area contributed by atoms with Crippen LogP contribution in [0.15, 0.2) is 36.5 Å². The molecule has 0 saturated carbocycles. The van der Waals surface area contributed by atoms with E-state index in [0.29, 0.717) is 12.0 Å². The Hall–Kier alpha value is -3.88. The number of aromatic hydroxyl groups is 1. The van der Waals surface area contributed by atoms with Gasteiger partial charge in [-0.1, -0.05) is 39.8 Å². The van der Waals surface area contributed by atoms with Crippen molar-refractivity contribution in [3.05, 3.63) is 64.9 Å². The molecule has 3 rings (SSSR count). The lowest BCUT2D eigenvalue weighted by atomic mass is 10.0. The monoisotopic (exact) mass is 456 g/mol. The van der Waals surface area contributed by atoms with E-state index in [1.165, 1.54) is 25.3 Å². The molecule has 1 aromatic carbocycles. The fourth-order valence-corrected chi connectivity index (χ4v) is 2.76. The maximum Gasteiger partial charge on any atom is 0.360 e. The third-order valence-electron chi connectivity index (χ3n) is 4.04. The van der Waals surface area contributed by atoms with Gasteiger partial charge < -0.3 is 14.6 Å². The zero-order chi connectivity index (χ0) is 25.1. The molecular formula is C24H29FN4O4. The summed E-state index contributed by atoms with van der Waals surface area (Å²) in [4.78, 5) is 20.2. The average molecular weight is 457 g/mol. The summed E-state index contributed by atoms with van der Waals surface area (Å²) in [5.41, 5.74) is 1.09. The highest BCUT2D eigenvalue weighted by molar-refractivity contribution is 6.10. The van der Waals surface area contributed by atoms with Gasteiger partial charge in [0.1, 0.15) is 17.0 Å². The van der Waals surface area contributed by atoms with E-state index in [0.717, 1.165) is 12.7 Å². The summed E-state index contributed by atoms with van der Waals surface area (Å²) in [5, 5.41) is 26.2. The van der Waals surface area contributed by atoms with Gasteiger partial charge in [-0.25, -0.2) is 14.2 Å². The molecule has 2 aromatic heterocycles. The standard InChI is InChI=1S/C20H17FN4O4.2C2H6/c1-10(22)29-19(23)16-14-8-12(7-11-3-5-13(21)6-4-11)9-24-15(14)18(26)17(25-16)20(27)28-2;2*1-2/h3-6,8-9,22-23,26H,7H2,1-2H3;2*1-2H3. The number of carbonyl (C=O) groups excluding carboxylic acids is 1. The lowest BCUT2D eigenvalue weighted by Crippen LogP contribution is -2.15. The number of hydrogen-bond acceptors (Lipinski definition) is 8. The topological polar surface area (TPSA) is 129 Å². The molecule has 0 spiro atoms. The molecule has 176 valence electrons. The van der Waals surface area contributed by atoms with Gasteiger partial charge in [0, 0.05) is 18.5 Å². The van der Waals surface area contributed by atoms with Gasteiger partial charge >= 0.3 is 5.97 Å². The molecular weight excluding hydrogens is 427 g/mol. The number of hydrogen-bond donors (Lipinski definition) is 3. The predicted octanol–water partition coefficient (Wildman–Crippen LogP) is 5.24. The third kappa shape index (κ3) is 6.80. The van der Waals surface area contributed by atoms with Crippen LogP contribution in [0.4, 0.5) is 4.39 Å². The Bertz CT molecular complexity index is 1130. The van der Waals surface area contributed by atoms with Crippen LogP contribution in [0.1, 0.15) is 61.9 Å². The van der Waals surface area contributed by atoms with Crippen LogP contribution >= 0.6 is 0 Å². The van der Waals surface area contributed by atoms with Gasteiger partial charge in [0.15, 0.2) is 17.3 Å². The number of nitrogens with one attached hydrogen (secondary N) is 2. The zero-order valence-electron chi connectivity index (χ0n) is 19.6. The molecule has 2 heterocycles. The van der Waals surface area contributed by atoms with Gasteiger partial charge in [-0.15, -0.1) is 0 Å². The number of methoxy groups -OCH3 is 1. The van der Waals surface area contributed by atoms with Crippen LogP contribution in [0.2, 0.25) is 0 Å². The number of pyridine rings is 2. The number of nitrogens with zero attached hydrogens (tertiary/aromatic N) is 2. The Morgan fingerprint density at radius 3 is 2.21 bits per heavy atom. The first-order valence-electron chi connectivity index (χ1n) is 10.5. The lowest BCUT2D eigenvalue weighted by molar-refractivity contribution is 0.0590. The number of esters is 1. The van der Waals surface area contributed by atoms with Gasteiger partial charge in [-0.2, -0.15) is 0 Å². The highest BCUT2D eigenvalue weighted by Crippen LogP contribution is 2.30. The highest BCUT2D eigenvalue weighted by atomic mass is 19.1. The summed E-state index contributed by atoms with van der Waals surface area (Å²) in [6, 6.07) is 7.62. The molecule has 8 nitrogen and oxygen atoms in total. The molecule has 0 aliphatic carbocycles. The van der Waals surface area contributed by atoms with E-state index in [4.69, 9.17) is 15.6 Å². The quantitative estimate of drug-likeness (QED) is 0.280. The van der Waals surface area contributed by atoms with Crippen molar-refractivity contribution < 1.29 is 23.8 Å². The second-order valence-electron chi connectivity index (χ2n) is 6.18. The minimum atomic E-state index is -0.901. The van der Waals surface area contributed by atoms with E-state index in [-0.39, 0.29) is 28.3 Å². The summed E-state index contributed by atoms with van der Waals surface area (Å²) >= 11 is 0. The minimum Gasteiger partial charge on any atom is -0.504 e. The molecule has 0 aliphatic heterocycles. The van der Waals surface area contributed by atoms with Crippen LogP contribution in [0.3, 0.4) is 0 Å². The average Bonchev–Trinajstić information content (AvgIpc) is 2.82. The largest absolute Gasteiger partial charge is 0.504 e. The van der Waals surface area contributed by atoms with Crippen molar-refractivity contribution in [2.45, 2.75) is 41.0 Å². The maximum atomic E-state index is 13.1. The molecule has 3 N–H and O–H groups in total. The normalized spacial score (nSPS) is 9.67. The summed E-state index contributed by atoms with van der Waals surface area (Å²) < 4.78 is 22.8. The SMILES string of the molecule is CC.CC.COC(=O)c1nc(C(=N)OC(C)=N)c2cc(Cc3ccc(F)cc3)cnc2c1O. The maximum absolute atomic E-state index is 13.1. The Balaban J connectivity index is 0.00000129. The molecule has 0 bridgehead atoms. The third-order valence-corrected chi connectivity index (χ3v) is 4.04. The number of fused-ring (bicyclic) bond motifs is 1. The number of ether oxygens (including phenoxy) is 2. The van der Waals surface area contributed by atoms with Crippen LogP contribution in [-0.4, -0.2) is 39.9 Å². The van der Waals surface area contributed by atoms with E-state index in [1.807, 2.05) is 27.7 Å². The van der Waals surface area contributed by atoms with Gasteiger partial charge in [0.05, 0.1) is 7.11 Å². The lowest BCUT2D eigenvalue weighted by Gasteiger charge is -2.12. The molecule has 0 radical (unpaired) electrons. The second kappa shape index (κ2) is 12.8. The van der Waals surface area contributed by atoms with Crippen LogP contribution in [0, 0.1) is 16.6 Å². The van der Waals surface area contributed by atoms with Crippen molar-refractivity contribution in [3.63, 3.8) is 0 Å². The molecule has 9 heteroatoms. The first-order chi connectivity index (χ1) is 15.8. The number of halogens is 1. The highest BCUT2D eigenvalue weighted by Gasteiger charge is 2.23. The van der Waals surface area contributed by atoms with Crippen molar-refractivity contribution in [1.82, 2.24) is 9.97 Å². The Morgan fingerprint density at radius 2 is 1.67 bits per heavy atom. The first kappa shape index (κ1) is 27.2. The van der Waals surface area contributed by atoms with Crippen molar-refractivity contribution in [2.24, 2.45) is 0 Å². The van der Waals surface area contributed by atoms with Crippen molar-refractivity contribution >= 4 is 28.7 Å². The molecule has 3 aromatic rings. The number of rotatable bonds is 4. The van der Waals surface area contributed by atoms with Gasteiger partial charge in [-0.3, -0.25) is 15.8 Å². The number of carbonyl (C=O) groups is 1. The molecule has 0 fully saturated rings. The van der Waals surface area contributed by atoms with Crippen LogP contribution in [0.5, 0.6) is 5.75 Å². The Morgan fingerprint density at radius 1 is 1.06 bits per heavy atom. The first-order valence-corrected chi connectivity index (χ1v) is 10.5. The summed E-state index contributed by atoms with van der Waals surface area (Å²) in [5.74, 6) is -2.45. The molecule has 0 unspecified atom stereocenters. The second-order valence-corrected chi connectivity index (χ2v) is 6.18. The van der Waals surface area contributed by atoms with Crippen LogP contribution in [0.25, 0.3) is 10.9 Å². The number of aromatic nitrogens is 2. The zero-order valence-corrected chi connectivity index (χ0v) is 19.6. The van der Waals surface area contributed by atoms with Crippen molar-refractivity contribution in [3.8, 4) is 5.75 Å². The van der Waals surface area contributed by atoms with Gasteiger partial charge in [0.2, 0.25) is 5.90 Å². The fourth-order valence-electron chi connectivity index (χ4n) is 2.76. The smallest absolute Gasteiger partial charge is 0.360 e. The van der Waals surface area contributed by atoms with E-state index in [9.17, 15) is 14.3 Å². The van der Waals surface area contributed by atoms with Crippen molar-refractivity contribution in [1.29, 1.82) is 10.8 Å². The van der Waals surface area contributed by atoms with Crippen LogP contribution in [-0.2, 0) is 15.9 Å². The fraction of sp³-hybridized carbons (Fsp3) is 0.292. The number of benzene rings is 1. The van der Waals surface area contributed by atoms with E-state index >= 15 is 0 Å².